The van der Waals surface area contributed by atoms with Crippen LogP contribution in [0.15, 0.2) is 71.8 Å². The van der Waals surface area contributed by atoms with E-state index in [-0.39, 0.29) is 17.6 Å². The Labute approximate surface area is 245 Å². The third-order valence-electron chi connectivity index (χ3n) is 6.02. The maximum atomic E-state index is 13.6. The van der Waals surface area contributed by atoms with Crippen molar-refractivity contribution in [1.82, 2.24) is 19.8 Å². The van der Waals surface area contributed by atoms with E-state index < -0.39 is 6.04 Å². The number of hydrogen-bond acceptors (Lipinski definition) is 8. The number of carbonyl (C=O) groups is 2. The van der Waals surface area contributed by atoms with E-state index in [1.54, 1.807) is 50.1 Å². The highest BCUT2D eigenvalue weighted by atomic mass is 32.2. The van der Waals surface area contributed by atoms with E-state index in [1.165, 1.54) is 23.1 Å². The topological polar surface area (TPSA) is 102 Å². The maximum Gasteiger partial charge on any atom is 0.246 e. The van der Waals surface area contributed by atoms with Crippen molar-refractivity contribution < 1.29 is 14.0 Å². The lowest BCUT2D eigenvalue weighted by atomic mass is 10.2. The quantitative estimate of drug-likeness (QED) is 0.173. The second-order valence-corrected chi connectivity index (χ2v) is 10.8. The lowest BCUT2D eigenvalue weighted by Crippen LogP contribution is -2.42. The van der Waals surface area contributed by atoms with E-state index in [1.807, 2.05) is 43.3 Å². The summed E-state index contributed by atoms with van der Waals surface area (Å²) < 4.78 is 13.6. The summed E-state index contributed by atoms with van der Waals surface area (Å²) in [6.45, 7) is 5.16. The minimum absolute atomic E-state index is 0.231. The van der Waals surface area contributed by atoms with Crippen molar-refractivity contribution in [1.29, 1.82) is 0 Å². The van der Waals surface area contributed by atoms with E-state index in [9.17, 15) is 14.0 Å². The van der Waals surface area contributed by atoms with E-state index in [0.717, 1.165) is 23.4 Å². The highest BCUT2D eigenvalue weighted by Crippen LogP contribution is 2.28. The number of nitrogens with zero attached hydrogens (tertiary/aromatic N) is 4. The number of nitrogens with one attached hydrogen (secondary N) is 3. The zero-order valence-corrected chi connectivity index (χ0v) is 25.0. The molecule has 2 amide bonds. The third kappa shape index (κ3) is 10.2. The van der Waals surface area contributed by atoms with Gasteiger partial charge in [0, 0.05) is 60.0 Å². The van der Waals surface area contributed by atoms with Crippen LogP contribution in [0, 0.1) is 5.82 Å². The minimum atomic E-state index is -0.647. The molecule has 0 aliphatic carbocycles. The number of carbonyl (C=O) groups excluding carboxylic acids is 2. The summed E-state index contributed by atoms with van der Waals surface area (Å²) in [5.74, 6) is 0.831. The monoisotopic (exact) mass is 579 g/mol. The van der Waals surface area contributed by atoms with Crippen molar-refractivity contribution >= 4 is 46.7 Å². The lowest BCUT2D eigenvalue weighted by Gasteiger charge is -2.23. The fraction of sp³-hybridized carbons (Fsp3) is 0.333. The number of anilines is 4. The van der Waals surface area contributed by atoms with Crippen LogP contribution in [0.5, 0.6) is 0 Å². The molecule has 3 aromatic rings. The predicted molar refractivity (Wildman–Crippen MR) is 165 cm³/mol. The molecule has 0 saturated carbocycles. The van der Waals surface area contributed by atoms with Gasteiger partial charge in [0.05, 0.1) is 0 Å². The van der Waals surface area contributed by atoms with Crippen molar-refractivity contribution in [2.24, 2.45) is 0 Å². The summed E-state index contributed by atoms with van der Waals surface area (Å²) in [6.07, 6.45) is 5.94. The Bertz CT molecular complexity index is 1350. The second-order valence-electron chi connectivity index (χ2n) is 9.73. The van der Waals surface area contributed by atoms with Gasteiger partial charge >= 0.3 is 0 Å². The van der Waals surface area contributed by atoms with Crippen LogP contribution in [0.25, 0.3) is 0 Å². The van der Waals surface area contributed by atoms with Crippen LogP contribution >= 0.6 is 11.8 Å². The third-order valence-corrected chi connectivity index (χ3v) is 7.07. The van der Waals surface area contributed by atoms with Crippen molar-refractivity contribution in [2.45, 2.75) is 37.0 Å². The summed E-state index contributed by atoms with van der Waals surface area (Å²) in [6, 6.07) is 13.1. The van der Waals surface area contributed by atoms with E-state index in [0.29, 0.717) is 35.4 Å². The molecule has 1 heterocycles. The van der Waals surface area contributed by atoms with Crippen LogP contribution in [0.4, 0.5) is 27.5 Å². The van der Waals surface area contributed by atoms with Crippen molar-refractivity contribution in [3.05, 3.63) is 78.3 Å². The zero-order chi connectivity index (χ0) is 29.8. The molecule has 2 aromatic carbocycles. The standard InChI is InChI=1S/C30H38FN7O2S/c1-6-15-32-28-22(19-33-30(36-28)35-24-11-7-10-23(31)17-24)20-41-26-13-8-12-25(18-26)34-29(40)21(2)38(5)27(39)14-9-16-37(3)4/h7-14,17-19,21H,6,15-16,20H2,1-5H3,(H,34,40)(H2,32,33,35,36)/b14-9+/t21-/m0/s1. The molecule has 0 radical (unpaired) electrons. The maximum absolute atomic E-state index is 13.6. The molecular formula is C30H38FN7O2S. The number of rotatable bonds is 14. The molecule has 9 nitrogen and oxygen atoms in total. The van der Waals surface area contributed by atoms with Crippen LogP contribution in [-0.2, 0) is 15.3 Å². The molecule has 41 heavy (non-hydrogen) atoms. The van der Waals surface area contributed by atoms with Gasteiger partial charge in [0.2, 0.25) is 17.8 Å². The molecule has 0 unspecified atom stereocenters. The molecule has 0 aliphatic rings. The van der Waals surface area contributed by atoms with Crippen LogP contribution in [0.1, 0.15) is 25.8 Å². The number of likely N-dealkylation sites (N-methyl/N-ethyl adjacent to an activating group) is 2. The molecular weight excluding hydrogens is 541 g/mol. The lowest BCUT2D eigenvalue weighted by molar-refractivity contribution is -0.132. The highest BCUT2D eigenvalue weighted by molar-refractivity contribution is 7.98. The predicted octanol–water partition coefficient (Wildman–Crippen LogP) is 5.38. The molecule has 218 valence electrons. The number of thioether (sulfide) groups is 1. The van der Waals surface area contributed by atoms with Gasteiger partial charge in [-0.3, -0.25) is 9.59 Å². The van der Waals surface area contributed by atoms with E-state index in [2.05, 4.69) is 32.8 Å². The Balaban J connectivity index is 1.63. The van der Waals surface area contributed by atoms with Crippen molar-refractivity contribution in [2.75, 3.05) is 50.2 Å². The molecule has 0 fully saturated rings. The first-order valence-electron chi connectivity index (χ1n) is 13.4. The molecule has 1 aromatic heterocycles. The van der Waals surface area contributed by atoms with Crippen LogP contribution in [0.3, 0.4) is 0 Å². The van der Waals surface area contributed by atoms with Gasteiger partial charge in [-0.25, -0.2) is 9.37 Å². The first kappa shape index (κ1) is 31.6. The molecule has 0 saturated heterocycles. The van der Waals surface area contributed by atoms with Gasteiger partial charge in [0.25, 0.3) is 0 Å². The number of aromatic nitrogens is 2. The smallest absolute Gasteiger partial charge is 0.246 e. The molecule has 0 bridgehead atoms. The fourth-order valence-electron chi connectivity index (χ4n) is 3.58. The Morgan fingerprint density at radius 1 is 1.10 bits per heavy atom. The highest BCUT2D eigenvalue weighted by Gasteiger charge is 2.21. The molecule has 1 atom stereocenters. The van der Waals surface area contributed by atoms with Crippen LogP contribution in [-0.4, -0.2) is 71.9 Å². The largest absolute Gasteiger partial charge is 0.370 e. The number of benzene rings is 2. The first-order chi connectivity index (χ1) is 19.7. The first-order valence-corrected chi connectivity index (χ1v) is 14.4. The minimum Gasteiger partial charge on any atom is -0.370 e. The van der Waals surface area contributed by atoms with Gasteiger partial charge in [-0.2, -0.15) is 4.98 Å². The summed E-state index contributed by atoms with van der Waals surface area (Å²) in [7, 11) is 5.45. The average Bonchev–Trinajstić information content (AvgIpc) is 2.94. The van der Waals surface area contributed by atoms with Crippen LogP contribution < -0.4 is 16.0 Å². The van der Waals surface area contributed by atoms with Gasteiger partial charge < -0.3 is 25.8 Å². The molecule has 0 aliphatic heterocycles. The molecule has 3 N–H and O–H groups in total. The summed E-state index contributed by atoms with van der Waals surface area (Å²) in [5.41, 5.74) is 2.13. The fourth-order valence-corrected chi connectivity index (χ4v) is 4.50. The summed E-state index contributed by atoms with van der Waals surface area (Å²) in [4.78, 5) is 38.6. The van der Waals surface area contributed by atoms with Crippen molar-refractivity contribution in [3.63, 3.8) is 0 Å². The van der Waals surface area contributed by atoms with Gasteiger partial charge in [-0.1, -0.05) is 25.1 Å². The Kier molecular flexibility index (Phi) is 12.1. The van der Waals surface area contributed by atoms with Gasteiger partial charge in [-0.15, -0.1) is 11.8 Å². The zero-order valence-electron chi connectivity index (χ0n) is 24.1. The Morgan fingerprint density at radius 2 is 1.85 bits per heavy atom. The summed E-state index contributed by atoms with van der Waals surface area (Å²) >= 11 is 1.59. The van der Waals surface area contributed by atoms with E-state index >= 15 is 0 Å². The number of amides is 2. The van der Waals surface area contributed by atoms with Crippen LogP contribution in [0.2, 0.25) is 0 Å². The van der Waals surface area contributed by atoms with Gasteiger partial charge in [0.15, 0.2) is 0 Å². The normalized spacial score (nSPS) is 11.9. The van der Waals surface area contributed by atoms with E-state index in [4.69, 9.17) is 0 Å². The number of hydrogen-bond donors (Lipinski definition) is 3. The number of halogens is 1. The van der Waals surface area contributed by atoms with Gasteiger partial charge in [-0.05, 0) is 63.8 Å². The van der Waals surface area contributed by atoms with Crippen molar-refractivity contribution in [3.8, 4) is 0 Å². The van der Waals surface area contributed by atoms with Gasteiger partial charge in [0.1, 0.15) is 17.7 Å². The average molecular weight is 580 g/mol. The Morgan fingerprint density at radius 3 is 2.59 bits per heavy atom. The molecule has 11 heteroatoms. The molecule has 0 spiro atoms. The summed E-state index contributed by atoms with van der Waals surface area (Å²) in [5, 5.41) is 9.31. The second kappa shape index (κ2) is 15.7. The molecule has 3 rings (SSSR count). The SMILES string of the molecule is CCCNc1nc(Nc2cccc(F)c2)ncc1CSc1cccc(NC(=O)[C@H](C)N(C)C(=O)/C=C/CN(C)C)c1. The Hall–Kier alpha value is -3.96.